The summed E-state index contributed by atoms with van der Waals surface area (Å²) < 4.78 is 0.672. The quantitative estimate of drug-likeness (QED) is 0.696. The van der Waals surface area contributed by atoms with Crippen LogP contribution in [0.25, 0.3) is 0 Å². The number of thiophene rings is 1. The second-order valence-electron chi connectivity index (χ2n) is 9.16. The number of hydrogen-bond acceptors (Lipinski definition) is 4. The number of halogens is 1. The molecule has 1 saturated carbocycles. The van der Waals surface area contributed by atoms with Crippen LogP contribution < -0.4 is 5.32 Å². The van der Waals surface area contributed by atoms with Crippen molar-refractivity contribution in [3.8, 4) is 0 Å². The third-order valence-corrected chi connectivity index (χ3v) is 7.53. The normalized spacial score (nSPS) is 24.9. The van der Waals surface area contributed by atoms with Gasteiger partial charge in [-0.2, -0.15) is 0 Å². The van der Waals surface area contributed by atoms with Gasteiger partial charge in [-0.15, -0.1) is 11.3 Å². The first-order chi connectivity index (χ1) is 13.6. The number of urea groups is 1. The SMILES string of the molecule is CCN(Cc1ccc(Cl)s1)C(=O)CN1C(=O)NC2(CCC(C(C)(C)C)CC2)C1=O. The molecule has 160 valence electrons. The van der Waals surface area contributed by atoms with E-state index in [2.05, 4.69) is 26.1 Å². The fourth-order valence-electron chi connectivity index (χ4n) is 4.37. The maximum atomic E-state index is 13.1. The molecular weight excluding hydrogens is 410 g/mol. The van der Waals surface area contributed by atoms with Gasteiger partial charge in [-0.25, -0.2) is 4.79 Å². The molecule has 0 aromatic carbocycles. The Hall–Kier alpha value is -1.60. The summed E-state index contributed by atoms with van der Waals surface area (Å²) in [5, 5.41) is 2.91. The van der Waals surface area contributed by atoms with Crippen molar-refractivity contribution in [2.45, 2.75) is 65.5 Å². The first-order valence-corrected chi connectivity index (χ1v) is 11.4. The summed E-state index contributed by atoms with van der Waals surface area (Å²) in [6.07, 6.45) is 3.07. The molecule has 2 fully saturated rings. The number of carbonyl (C=O) groups excluding carboxylic acids is 3. The van der Waals surface area contributed by atoms with Gasteiger partial charge in [0.15, 0.2) is 0 Å². The molecule has 1 N–H and O–H groups in total. The second-order valence-corrected chi connectivity index (χ2v) is 11.0. The number of nitrogens with one attached hydrogen (secondary N) is 1. The highest BCUT2D eigenvalue weighted by molar-refractivity contribution is 7.16. The Morgan fingerprint density at radius 1 is 1.31 bits per heavy atom. The Kier molecular flexibility index (Phi) is 6.30. The van der Waals surface area contributed by atoms with Crippen molar-refractivity contribution < 1.29 is 14.4 Å². The lowest BCUT2D eigenvalue weighted by molar-refractivity contribution is -0.140. The average Bonchev–Trinajstić information content (AvgIpc) is 3.16. The lowest BCUT2D eigenvalue weighted by Crippen LogP contribution is -2.51. The van der Waals surface area contributed by atoms with Crippen LogP contribution in [0.3, 0.4) is 0 Å². The molecule has 3 rings (SSSR count). The van der Waals surface area contributed by atoms with Crippen molar-refractivity contribution in [2.75, 3.05) is 13.1 Å². The Labute approximate surface area is 181 Å². The third-order valence-electron chi connectivity index (χ3n) is 6.31. The summed E-state index contributed by atoms with van der Waals surface area (Å²) in [5.74, 6) is 0.0427. The monoisotopic (exact) mass is 439 g/mol. The minimum atomic E-state index is -0.836. The summed E-state index contributed by atoms with van der Waals surface area (Å²) in [6.45, 7) is 9.24. The number of likely N-dealkylation sites (N-methyl/N-ethyl adjacent to an activating group) is 1. The van der Waals surface area contributed by atoms with Crippen molar-refractivity contribution in [3.63, 3.8) is 0 Å². The molecule has 1 saturated heterocycles. The number of nitrogens with zero attached hydrogens (tertiary/aromatic N) is 2. The number of imide groups is 1. The van der Waals surface area contributed by atoms with Gasteiger partial charge < -0.3 is 10.2 Å². The molecule has 0 unspecified atom stereocenters. The van der Waals surface area contributed by atoms with Crippen LogP contribution in [0.15, 0.2) is 12.1 Å². The molecule has 4 amide bonds. The number of carbonyl (C=O) groups is 3. The van der Waals surface area contributed by atoms with E-state index in [0.717, 1.165) is 22.6 Å². The summed E-state index contributed by atoms with van der Waals surface area (Å²) in [6, 6.07) is 3.24. The summed E-state index contributed by atoms with van der Waals surface area (Å²) in [4.78, 5) is 42.2. The molecule has 2 heterocycles. The zero-order valence-electron chi connectivity index (χ0n) is 17.6. The zero-order chi connectivity index (χ0) is 21.4. The van der Waals surface area contributed by atoms with E-state index in [4.69, 9.17) is 11.6 Å². The van der Waals surface area contributed by atoms with Crippen LogP contribution in [0.2, 0.25) is 4.34 Å². The van der Waals surface area contributed by atoms with Crippen molar-refractivity contribution >= 4 is 40.8 Å². The maximum Gasteiger partial charge on any atom is 0.325 e. The lowest BCUT2D eigenvalue weighted by Gasteiger charge is -2.40. The highest BCUT2D eigenvalue weighted by atomic mass is 35.5. The Balaban J connectivity index is 1.64. The van der Waals surface area contributed by atoms with E-state index in [0.29, 0.717) is 36.2 Å². The average molecular weight is 440 g/mol. The summed E-state index contributed by atoms with van der Waals surface area (Å²) in [7, 11) is 0. The van der Waals surface area contributed by atoms with Crippen molar-refractivity contribution in [3.05, 3.63) is 21.3 Å². The number of amides is 4. The highest BCUT2D eigenvalue weighted by Crippen LogP contribution is 2.43. The summed E-state index contributed by atoms with van der Waals surface area (Å²) >= 11 is 7.40. The standard InChI is InChI=1S/C21H30ClN3O3S/c1-5-24(12-15-6-7-16(22)29-15)17(26)13-25-18(27)21(23-19(25)28)10-8-14(9-11-21)20(2,3)4/h6-7,14H,5,8-13H2,1-4H3,(H,23,28). The fourth-order valence-corrected chi connectivity index (χ4v) is 5.48. The molecule has 0 atom stereocenters. The van der Waals surface area contributed by atoms with Crippen molar-refractivity contribution in [1.82, 2.24) is 15.1 Å². The zero-order valence-corrected chi connectivity index (χ0v) is 19.2. The predicted molar refractivity (Wildman–Crippen MR) is 115 cm³/mol. The Bertz CT molecular complexity index is 793. The van der Waals surface area contributed by atoms with Gasteiger partial charge in [0.1, 0.15) is 12.1 Å². The minimum absolute atomic E-state index is 0.190. The predicted octanol–water partition coefficient (Wildman–Crippen LogP) is 4.28. The van der Waals surface area contributed by atoms with E-state index in [1.54, 1.807) is 11.0 Å². The topological polar surface area (TPSA) is 69.7 Å². The van der Waals surface area contributed by atoms with Gasteiger partial charge >= 0.3 is 6.03 Å². The highest BCUT2D eigenvalue weighted by Gasteiger charge is 2.53. The van der Waals surface area contributed by atoms with Gasteiger partial charge in [-0.05, 0) is 56.1 Å². The van der Waals surface area contributed by atoms with E-state index >= 15 is 0 Å². The van der Waals surface area contributed by atoms with Gasteiger partial charge in [0, 0.05) is 11.4 Å². The Morgan fingerprint density at radius 3 is 2.48 bits per heavy atom. The number of rotatable bonds is 5. The van der Waals surface area contributed by atoms with Crippen LogP contribution in [-0.2, 0) is 16.1 Å². The van der Waals surface area contributed by atoms with Crippen LogP contribution in [0.5, 0.6) is 0 Å². The first-order valence-electron chi connectivity index (χ1n) is 10.2. The molecule has 6 nitrogen and oxygen atoms in total. The van der Waals surface area contributed by atoms with Gasteiger partial charge in [-0.3, -0.25) is 14.5 Å². The van der Waals surface area contributed by atoms with Crippen LogP contribution in [0.1, 0.15) is 58.3 Å². The van der Waals surface area contributed by atoms with E-state index < -0.39 is 11.6 Å². The molecular formula is C21H30ClN3O3S. The molecule has 1 aromatic heterocycles. The number of hydrogen-bond donors (Lipinski definition) is 1. The van der Waals surface area contributed by atoms with Gasteiger partial charge in [-0.1, -0.05) is 32.4 Å². The molecule has 1 aliphatic carbocycles. The first kappa shape index (κ1) is 22.1. The van der Waals surface area contributed by atoms with E-state index in [1.807, 2.05) is 13.0 Å². The van der Waals surface area contributed by atoms with Crippen LogP contribution in [0.4, 0.5) is 4.79 Å². The summed E-state index contributed by atoms with van der Waals surface area (Å²) in [5.41, 5.74) is -0.646. The van der Waals surface area contributed by atoms with Crippen LogP contribution in [-0.4, -0.2) is 46.3 Å². The molecule has 1 spiro atoms. The van der Waals surface area contributed by atoms with Gasteiger partial charge in [0.2, 0.25) is 5.91 Å². The third kappa shape index (κ3) is 4.61. The molecule has 29 heavy (non-hydrogen) atoms. The van der Waals surface area contributed by atoms with Crippen LogP contribution >= 0.6 is 22.9 Å². The van der Waals surface area contributed by atoms with Gasteiger partial charge in [0.05, 0.1) is 10.9 Å². The van der Waals surface area contributed by atoms with E-state index in [-0.39, 0.29) is 23.8 Å². The maximum absolute atomic E-state index is 13.1. The minimum Gasteiger partial charge on any atom is -0.336 e. The van der Waals surface area contributed by atoms with Gasteiger partial charge in [0.25, 0.3) is 5.91 Å². The van der Waals surface area contributed by atoms with Crippen LogP contribution in [0, 0.1) is 11.3 Å². The lowest BCUT2D eigenvalue weighted by atomic mass is 9.67. The smallest absolute Gasteiger partial charge is 0.325 e. The fraction of sp³-hybridized carbons (Fsp3) is 0.667. The molecule has 0 bridgehead atoms. The van der Waals surface area contributed by atoms with Crippen molar-refractivity contribution in [1.29, 1.82) is 0 Å². The molecule has 8 heteroatoms. The molecule has 2 aliphatic rings. The molecule has 0 radical (unpaired) electrons. The molecule has 1 aromatic rings. The molecule has 1 aliphatic heterocycles. The van der Waals surface area contributed by atoms with Crippen molar-refractivity contribution in [2.24, 2.45) is 11.3 Å². The second kappa shape index (κ2) is 8.26. The van der Waals surface area contributed by atoms with E-state index in [1.165, 1.54) is 11.3 Å². The van der Waals surface area contributed by atoms with E-state index in [9.17, 15) is 14.4 Å². The largest absolute Gasteiger partial charge is 0.336 e. The Morgan fingerprint density at radius 2 is 1.97 bits per heavy atom.